The molecule has 0 radical (unpaired) electrons. The van der Waals surface area contributed by atoms with E-state index in [1.54, 1.807) is 26.6 Å². The maximum Gasteiger partial charge on any atom is 0.175 e. The molecule has 0 saturated heterocycles. The SMILES string of the molecule is COc1ccc(OC)c(Sc2nc3c(N)ncnc3n2CCc2ccncc2)c1. The monoisotopic (exact) mass is 408 g/mol. The molecule has 0 amide bonds. The largest absolute Gasteiger partial charge is 0.497 e. The molecule has 4 rings (SSSR count). The number of ether oxygens (including phenoxy) is 2. The lowest BCUT2D eigenvalue weighted by molar-refractivity contribution is 0.394. The zero-order chi connectivity index (χ0) is 20.2. The summed E-state index contributed by atoms with van der Waals surface area (Å²) in [4.78, 5) is 18.2. The lowest BCUT2D eigenvalue weighted by Crippen LogP contribution is -2.04. The molecule has 0 bridgehead atoms. The molecule has 3 heterocycles. The predicted molar refractivity (Wildman–Crippen MR) is 111 cm³/mol. The average molecular weight is 408 g/mol. The number of imidazole rings is 1. The molecule has 0 aliphatic rings. The highest BCUT2D eigenvalue weighted by molar-refractivity contribution is 7.99. The van der Waals surface area contributed by atoms with Crippen molar-refractivity contribution in [1.82, 2.24) is 24.5 Å². The van der Waals surface area contributed by atoms with E-state index in [-0.39, 0.29) is 0 Å². The Morgan fingerprint density at radius 2 is 1.90 bits per heavy atom. The van der Waals surface area contributed by atoms with Crippen molar-refractivity contribution in [3.63, 3.8) is 0 Å². The van der Waals surface area contributed by atoms with E-state index in [1.807, 2.05) is 30.3 Å². The van der Waals surface area contributed by atoms with Gasteiger partial charge in [-0.25, -0.2) is 15.0 Å². The summed E-state index contributed by atoms with van der Waals surface area (Å²) in [7, 11) is 3.28. The Bertz CT molecular complexity index is 1130. The van der Waals surface area contributed by atoms with Crippen molar-refractivity contribution < 1.29 is 9.47 Å². The highest BCUT2D eigenvalue weighted by Crippen LogP contribution is 2.38. The van der Waals surface area contributed by atoms with Crippen molar-refractivity contribution in [2.45, 2.75) is 23.0 Å². The second kappa shape index (κ2) is 8.36. The Morgan fingerprint density at radius 1 is 1.07 bits per heavy atom. The summed E-state index contributed by atoms with van der Waals surface area (Å²) in [5.41, 5.74) is 8.53. The summed E-state index contributed by atoms with van der Waals surface area (Å²) in [6.07, 6.45) is 5.85. The van der Waals surface area contributed by atoms with E-state index in [4.69, 9.17) is 20.2 Å². The van der Waals surface area contributed by atoms with Crippen LogP contribution in [-0.4, -0.2) is 38.7 Å². The number of aromatic nitrogens is 5. The maximum atomic E-state index is 6.05. The molecule has 4 aromatic rings. The fourth-order valence-corrected chi connectivity index (χ4v) is 4.01. The van der Waals surface area contributed by atoms with Gasteiger partial charge in [-0.2, -0.15) is 0 Å². The highest BCUT2D eigenvalue weighted by Gasteiger charge is 2.18. The van der Waals surface area contributed by atoms with Gasteiger partial charge in [-0.1, -0.05) is 0 Å². The normalized spacial score (nSPS) is 11.0. The lowest BCUT2D eigenvalue weighted by Gasteiger charge is -2.11. The molecule has 0 aliphatic carbocycles. The Kier molecular flexibility index (Phi) is 5.48. The Labute approximate surface area is 172 Å². The quantitative estimate of drug-likeness (QED) is 0.497. The van der Waals surface area contributed by atoms with Crippen LogP contribution < -0.4 is 15.2 Å². The van der Waals surface area contributed by atoms with Gasteiger partial charge in [0.2, 0.25) is 0 Å². The maximum absolute atomic E-state index is 6.05. The van der Waals surface area contributed by atoms with Crippen LogP contribution in [0.5, 0.6) is 11.5 Å². The van der Waals surface area contributed by atoms with E-state index in [2.05, 4.69) is 19.5 Å². The van der Waals surface area contributed by atoms with Crippen molar-refractivity contribution >= 4 is 28.7 Å². The molecule has 3 aromatic heterocycles. The van der Waals surface area contributed by atoms with Gasteiger partial charge in [0, 0.05) is 18.9 Å². The van der Waals surface area contributed by atoms with Crippen LogP contribution >= 0.6 is 11.8 Å². The number of nitrogen functional groups attached to an aromatic ring is 1. The van der Waals surface area contributed by atoms with Gasteiger partial charge < -0.3 is 19.8 Å². The summed E-state index contributed by atoms with van der Waals surface area (Å²) in [6, 6.07) is 9.66. The van der Waals surface area contributed by atoms with Crippen LogP contribution in [0.1, 0.15) is 5.56 Å². The van der Waals surface area contributed by atoms with E-state index in [0.29, 0.717) is 23.5 Å². The predicted octanol–water partition coefficient (Wildman–Crippen LogP) is 3.21. The number of hydrogen-bond donors (Lipinski definition) is 1. The third-order valence-electron chi connectivity index (χ3n) is 4.47. The third-order valence-corrected chi connectivity index (χ3v) is 5.50. The lowest BCUT2D eigenvalue weighted by atomic mass is 10.2. The third kappa shape index (κ3) is 3.95. The van der Waals surface area contributed by atoms with Crippen LogP contribution in [0, 0.1) is 0 Å². The summed E-state index contributed by atoms with van der Waals surface area (Å²) in [5, 5.41) is 0.757. The fourth-order valence-electron chi connectivity index (χ4n) is 2.97. The highest BCUT2D eigenvalue weighted by atomic mass is 32.2. The van der Waals surface area contributed by atoms with Gasteiger partial charge in [-0.3, -0.25) is 4.98 Å². The van der Waals surface area contributed by atoms with Gasteiger partial charge in [0.1, 0.15) is 17.8 Å². The van der Waals surface area contributed by atoms with Gasteiger partial charge in [0.15, 0.2) is 22.1 Å². The minimum atomic E-state index is 0.358. The van der Waals surface area contributed by atoms with E-state index in [9.17, 15) is 0 Å². The first-order chi connectivity index (χ1) is 14.2. The van der Waals surface area contributed by atoms with Gasteiger partial charge >= 0.3 is 0 Å². The van der Waals surface area contributed by atoms with E-state index in [0.717, 1.165) is 28.0 Å². The van der Waals surface area contributed by atoms with Crippen LogP contribution in [0.3, 0.4) is 0 Å². The van der Waals surface area contributed by atoms with Crippen molar-refractivity contribution in [2.24, 2.45) is 0 Å². The molecule has 9 heteroatoms. The van der Waals surface area contributed by atoms with Crippen LogP contribution in [0.2, 0.25) is 0 Å². The molecule has 0 spiro atoms. The molecule has 148 valence electrons. The van der Waals surface area contributed by atoms with Crippen molar-refractivity contribution in [2.75, 3.05) is 20.0 Å². The molecule has 0 unspecified atom stereocenters. The average Bonchev–Trinajstić information content (AvgIpc) is 3.11. The minimum absolute atomic E-state index is 0.358. The molecule has 0 atom stereocenters. The summed E-state index contributed by atoms with van der Waals surface area (Å²) < 4.78 is 12.9. The van der Waals surface area contributed by atoms with E-state index < -0.39 is 0 Å². The smallest absolute Gasteiger partial charge is 0.175 e. The zero-order valence-electron chi connectivity index (χ0n) is 16.1. The summed E-state index contributed by atoms with van der Waals surface area (Å²) in [5.74, 6) is 1.84. The first kappa shape index (κ1) is 19.0. The molecule has 2 N–H and O–H groups in total. The van der Waals surface area contributed by atoms with Gasteiger partial charge in [0.25, 0.3) is 0 Å². The molecule has 0 aliphatic heterocycles. The Balaban J connectivity index is 1.74. The standard InChI is InChI=1S/C20H20N6O2S/c1-27-14-3-4-15(28-2)16(11-14)29-20-25-17-18(21)23-12-24-19(17)26(20)10-7-13-5-8-22-9-6-13/h3-6,8-9,11-12H,7,10H2,1-2H3,(H2,21,23,24). The molecule has 29 heavy (non-hydrogen) atoms. The number of nitrogens with zero attached hydrogens (tertiary/aromatic N) is 5. The van der Waals surface area contributed by atoms with E-state index in [1.165, 1.54) is 23.7 Å². The molecule has 0 saturated carbocycles. The van der Waals surface area contributed by atoms with Crippen LogP contribution in [0.4, 0.5) is 5.82 Å². The molecular weight excluding hydrogens is 388 g/mol. The number of anilines is 1. The van der Waals surface area contributed by atoms with Crippen molar-refractivity contribution in [1.29, 1.82) is 0 Å². The van der Waals surface area contributed by atoms with E-state index >= 15 is 0 Å². The van der Waals surface area contributed by atoms with Gasteiger partial charge in [-0.15, -0.1) is 0 Å². The number of hydrogen-bond acceptors (Lipinski definition) is 8. The van der Waals surface area contributed by atoms with Crippen LogP contribution in [-0.2, 0) is 13.0 Å². The fraction of sp³-hybridized carbons (Fsp3) is 0.200. The second-order valence-electron chi connectivity index (χ2n) is 6.20. The van der Waals surface area contributed by atoms with Crippen molar-refractivity contribution in [3.8, 4) is 11.5 Å². The topological polar surface area (TPSA) is 101 Å². The Morgan fingerprint density at radius 3 is 2.66 bits per heavy atom. The first-order valence-electron chi connectivity index (χ1n) is 8.95. The summed E-state index contributed by atoms with van der Waals surface area (Å²) in [6.45, 7) is 0.686. The summed E-state index contributed by atoms with van der Waals surface area (Å²) >= 11 is 1.48. The molecule has 0 fully saturated rings. The number of methoxy groups -OCH3 is 2. The number of benzene rings is 1. The Hall–Kier alpha value is -3.33. The number of aryl methyl sites for hydroxylation is 2. The first-order valence-corrected chi connectivity index (χ1v) is 9.76. The molecular formula is C20H20N6O2S. The molecule has 1 aromatic carbocycles. The molecule has 8 nitrogen and oxygen atoms in total. The zero-order valence-corrected chi connectivity index (χ0v) is 16.9. The van der Waals surface area contributed by atoms with Crippen LogP contribution in [0.15, 0.2) is 59.1 Å². The van der Waals surface area contributed by atoms with Gasteiger partial charge in [-0.05, 0) is 54.1 Å². The van der Waals surface area contributed by atoms with Crippen LogP contribution in [0.25, 0.3) is 11.2 Å². The number of fused-ring (bicyclic) bond motifs is 1. The second-order valence-corrected chi connectivity index (χ2v) is 7.21. The number of rotatable bonds is 7. The van der Waals surface area contributed by atoms with Crippen molar-refractivity contribution in [3.05, 3.63) is 54.6 Å². The van der Waals surface area contributed by atoms with Gasteiger partial charge in [0.05, 0.1) is 19.1 Å². The number of pyridine rings is 1. The minimum Gasteiger partial charge on any atom is -0.497 e. The number of nitrogens with two attached hydrogens (primary N) is 1.